The summed E-state index contributed by atoms with van der Waals surface area (Å²) in [5.74, 6) is -0.604. The molecule has 126 valence electrons. The maximum Gasteiger partial charge on any atom is 0.339 e. The summed E-state index contributed by atoms with van der Waals surface area (Å²) in [4.78, 5) is 27.2. The number of nitrogens with one attached hydrogen (secondary N) is 2. The lowest BCUT2D eigenvalue weighted by atomic mass is 10.2. The van der Waals surface area contributed by atoms with Crippen LogP contribution in [0.25, 0.3) is 0 Å². The monoisotopic (exact) mass is 349 g/mol. The van der Waals surface area contributed by atoms with Crippen LogP contribution in [0.15, 0.2) is 53.6 Å². The van der Waals surface area contributed by atoms with Crippen molar-refractivity contribution in [2.75, 3.05) is 11.9 Å². The largest absolute Gasteiger partial charge is 0.462 e. The van der Waals surface area contributed by atoms with E-state index < -0.39 is 22.0 Å². The van der Waals surface area contributed by atoms with Crippen LogP contribution in [0.5, 0.6) is 0 Å². The van der Waals surface area contributed by atoms with Crippen LogP contribution in [0.3, 0.4) is 0 Å². The van der Waals surface area contributed by atoms with E-state index in [1.54, 1.807) is 19.1 Å². The number of hydrogen-bond donors (Lipinski definition) is 2. The van der Waals surface area contributed by atoms with Crippen LogP contribution >= 0.6 is 0 Å². The lowest BCUT2D eigenvalue weighted by molar-refractivity contribution is 0.0521. The van der Waals surface area contributed by atoms with Gasteiger partial charge >= 0.3 is 12.0 Å². The van der Waals surface area contributed by atoms with E-state index >= 15 is 0 Å². The van der Waals surface area contributed by atoms with Gasteiger partial charge in [0.25, 0.3) is 10.0 Å². The molecule has 2 amide bonds. The van der Waals surface area contributed by atoms with E-state index in [9.17, 15) is 18.0 Å². The summed E-state index contributed by atoms with van der Waals surface area (Å²) in [5.41, 5.74) is -0.155. The number of urea groups is 1. The zero-order chi connectivity index (χ0) is 17.6. The molecule has 1 heterocycles. The van der Waals surface area contributed by atoms with Gasteiger partial charge in [0.15, 0.2) is 0 Å². The van der Waals surface area contributed by atoms with Crippen LogP contribution < -0.4 is 10.0 Å². The summed E-state index contributed by atoms with van der Waals surface area (Å²) in [6.07, 6.45) is 1.44. The Balaban J connectivity index is 2.21. The highest BCUT2D eigenvalue weighted by molar-refractivity contribution is 7.90. The highest BCUT2D eigenvalue weighted by atomic mass is 32.2. The number of ether oxygens (including phenoxy) is 1. The Morgan fingerprint density at radius 1 is 1.12 bits per heavy atom. The molecule has 24 heavy (non-hydrogen) atoms. The number of sulfonamides is 1. The van der Waals surface area contributed by atoms with E-state index in [0.29, 0.717) is 0 Å². The van der Waals surface area contributed by atoms with Gasteiger partial charge in [-0.1, -0.05) is 18.2 Å². The Hall–Kier alpha value is -2.94. The molecule has 2 rings (SSSR count). The van der Waals surface area contributed by atoms with Crippen LogP contribution in [-0.2, 0) is 14.8 Å². The molecule has 0 saturated carbocycles. The van der Waals surface area contributed by atoms with Gasteiger partial charge in [0, 0.05) is 6.20 Å². The summed E-state index contributed by atoms with van der Waals surface area (Å²) in [6.45, 7) is 1.70. The molecule has 1 aromatic carbocycles. The zero-order valence-corrected chi connectivity index (χ0v) is 13.5. The lowest BCUT2D eigenvalue weighted by Crippen LogP contribution is -2.35. The second-order valence-electron chi connectivity index (χ2n) is 4.49. The van der Waals surface area contributed by atoms with Gasteiger partial charge in [0.2, 0.25) is 0 Å². The van der Waals surface area contributed by atoms with Gasteiger partial charge in [-0.2, -0.15) is 0 Å². The van der Waals surface area contributed by atoms with Crippen LogP contribution in [-0.4, -0.2) is 32.0 Å². The highest BCUT2D eigenvalue weighted by Crippen LogP contribution is 2.16. The molecular formula is C15H15N3O5S. The van der Waals surface area contributed by atoms with Crippen molar-refractivity contribution < 1.29 is 22.7 Å². The van der Waals surface area contributed by atoms with Crippen molar-refractivity contribution in [2.45, 2.75) is 11.8 Å². The number of rotatable bonds is 5. The minimum absolute atomic E-state index is 0.0980. The first kappa shape index (κ1) is 17.4. The molecule has 0 aliphatic heterocycles. The average molecular weight is 349 g/mol. The average Bonchev–Trinajstić information content (AvgIpc) is 2.55. The minimum atomic E-state index is -4.26. The number of nitrogens with zero attached hydrogens (tertiary/aromatic N) is 1. The standard InChI is InChI=1S/C15H15N3O5S/c1-2-23-14(19)11-7-3-4-8-12(11)24(21,22)18-15(20)17-13-9-5-6-10-16-13/h3-10H,2H2,1H3,(H2,16,17,18,20). The quantitative estimate of drug-likeness (QED) is 0.795. The van der Waals surface area contributed by atoms with Gasteiger partial charge in [-0.3, -0.25) is 5.32 Å². The number of carbonyl (C=O) groups excluding carboxylic acids is 2. The number of benzene rings is 1. The summed E-state index contributed by atoms with van der Waals surface area (Å²) in [5, 5.41) is 2.29. The summed E-state index contributed by atoms with van der Waals surface area (Å²) < 4.78 is 31.4. The number of anilines is 1. The number of amides is 2. The van der Waals surface area contributed by atoms with Crippen molar-refractivity contribution >= 4 is 27.8 Å². The molecule has 0 fully saturated rings. The van der Waals surface area contributed by atoms with Gasteiger partial charge in [0.1, 0.15) is 10.7 Å². The maximum absolute atomic E-state index is 12.4. The second kappa shape index (κ2) is 7.55. The van der Waals surface area contributed by atoms with Gasteiger partial charge in [0.05, 0.1) is 12.2 Å². The molecule has 0 atom stereocenters. The number of pyridine rings is 1. The van der Waals surface area contributed by atoms with Crippen molar-refractivity contribution in [3.63, 3.8) is 0 Å². The third-order valence-corrected chi connectivity index (χ3v) is 4.19. The molecule has 0 aliphatic rings. The van der Waals surface area contributed by atoms with Gasteiger partial charge < -0.3 is 4.74 Å². The Kier molecular flexibility index (Phi) is 5.48. The fourth-order valence-electron chi connectivity index (χ4n) is 1.83. The number of carbonyl (C=O) groups is 2. The van der Waals surface area contributed by atoms with Gasteiger partial charge in [-0.25, -0.2) is 27.7 Å². The Morgan fingerprint density at radius 2 is 1.83 bits per heavy atom. The number of aromatic nitrogens is 1. The molecule has 0 bridgehead atoms. The van der Waals surface area contributed by atoms with E-state index in [0.717, 1.165) is 0 Å². The SMILES string of the molecule is CCOC(=O)c1ccccc1S(=O)(=O)NC(=O)Nc1ccccn1. The molecule has 9 heteroatoms. The molecule has 0 radical (unpaired) electrons. The van der Waals surface area contributed by atoms with Crippen molar-refractivity contribution in [3.05, 3.63) is 54.2 Å². The summed E-state index contributed by atoms with van der Waals surface area (Å²) in [6, 6.07) is 9.24. The van der Waals surface area contributed by atoms with E-state index in [4.69, 9.17) is 4.74 Å². The number of esters is 1. The van der Waals surface area contributed by atoms with Crippen LogP contribution in [0, 0.1) is 0 Å². The maximum atomic E-state index is 12.4. The Morgan fingerprint density at radius 3 is 2.50 bits per heavy atom. The molecule has 2 aromatic rings. The first-order valence-corrected chi connectivity index (χ1v) is 8.43. The molecule has 2 N–H and O–H groups in total. The lowest BCUT2D eigenvalue weighted by Gasteiger charge is -2.11. The van der Waals surface area contributed by atoms with E-state index in [2.05, 4.69) is 10.3 Å². The molecule has 1 aromatic heterocycles. The number of hydrogen-bond acceptors (Lipinski definition) is 6. The molecule has 8 nitrogen and oxygen atoms in total. The van der Waals surface area contributed by atoms with E-state index in [-0.39, 0.29) is 22.9 Å². The molecule has 0 saturated heterocycles. The summed E-state index contributed by atoms with van der Waals surface area (Å²) >= 11 is 0. The summed E-state index contributed by atoms with van der Waals surface area (Å²) in [7, 11) is -4.26. The predicted molar refractivity (Wildman–Crippen MR) is 86.0 cm³/mol. The fraction of sp³-hybridized carbons (Fsp3) is 0.133. The van der Waals surface area contributed by atoms with Crippen LogP contribution in [0.1, 0.15) is 17.3 Å². The Labute approximate surface area is 138 Å². The highest BCUT2D eigenvalue weighted by Gasteiger charge is 2.24. The minimum Gasteiger partial charge on any atom is -0.462 e. The first-order valence-electron chi connectivity index (χ1n) is 6.95. The van der Waals surface area contributed by atoms with Crippen molar-refractivity contribution in [3.8, 4) is 0 Å². The van der Waals surface area contributed by atoms with Crippen molar-refractivity contribution in [1.29, 1.82) is 0 Å². The van der Waals surface area contributed by atoms with Crippen LogP contribution in [0.4, 0.5) is 10.6 Å². The second-order valence-corrected chi connectivity index (χ2v) is 6.14. The zero-order valence-electron chi connectivity index (χ0n) is 12.7. The third-order valence-electron chi connectivity index (χ3n) is 2.81. The predicted octanol–water partition coefficient (Wildman–Crippen LogP) is 1.77. The van der Waals surface area contributed by atoms with Gasteiger partial charge in [-0.05, 0) is 31.2 Å². The smallest absolute Gasteiger partial charge is 0.339 e. The van der Waals surface area contributed by atoms with Crippen LogP contribution in [0.2, 0.25) is 0 Å². The fourth-order valence-corrected chi connectivity index (χ4v) is 2.94. The molecule has 0 aliphatic carbocycles. The van der Waals surface area contributed by atoms with Crippen molar-refractivity contribution in [1.82, 2.24) is 9.71 Å². The van der Waals surface area contributed by atoms with E-state index in [1.165, 1.54) is 36.5 Å². The Bertz CT molecular complexity index is 837. The van der Waals surface area contributed by atoms with E-state index in [1.807, 2.05) is 4.72 Å². The van der Waals surface area contributed by atoms with Gasteiger partial charge in [-0.15, -0.1) is 0 Å². The third kappa shape index (κ3) is 4.29. The van der Waals surface area contributed by atoms with Crippen molar-refractivity contribution in [2.24, 2.45) is 0 Å². The molecular weight excluding hydrogens is 334 g/mol. The normalized spacial score (nSPS) is 10.7. The topological polar surface area (TPSA) is 114 Å². The molecule has 0 spiro atoms. The molecule has 0 unspecified atom stereocenters. The first-order chi connectivity index (χ1) is 11.4.